The Bertz CT molecular complexity index is 469. The van der Waals surface area contributed by atoms with Gasteiger partial charge in [0.05, 0.1) is 0 Å². The van der Waals surface area contributed by atoms with Gasteiger partial charge in [-0.3, -0.25) is 9.69 Å². The number of carboxylic acid groups (broad SMARTS) is 1. The highest BCUT2D eigenvalue weighted by molar-refractivity contribution is 5.73. The van der Waals surface area contributed by atoms with Gasteiger partial charge in [0.25, 0.3) is 0 Å². The first-order valence-electron chi connectivity index (χ1n) is 7.00. The van der Waals surface area contributed by atoms with Crippen molar-refractivity contribution in [3.63, 3.8) is 0 Å². The van der Waals surface area contributed by atoms with Gasteiger partial charge in [-0.1, -0.05) is 12.8 Å². The number of aliphatic carboxylic acids is 1. The van der Waals surface area contributed by atoms with Gasteiger partial charge in [0.2, 0.25) is 0 Å². The molecule has 0 spiro atoms. The van der Waals surface area contributed by atoms with Crippen molar-refractivity contribution in [3.05, 3.63) is 23.8 Å². The van der Waals surface area contributed by atoms with Crippen LogP contribution in [0.25, 0.3) is 0 Å². The van der Waals surface area contributed by atoms with E-state index < -0.39 is 12.0 Å². The van der Waals surface area contributed by atoms with Gasteiger partial charge in [-0.25, -0.2) is 0 Å². The molecule has 0 bridgehead atoms. The molecule has 110 valence electrons. The molecule has 3 N–H and O–H groups in total. The first kappa shape index (κ1) is 14.7. The SMILES string of the molecule is CC(c1cc(O)cc(O)c1)N1CCCCCC1C(=O)O. The largest absolute Gasteiger partial charge is 0.508 e. The number of phenolic OH excluding ortho intramolecular Hbond substituents is 2. The minimum Gasteiger partial charge on any atom is -0.508 e. The fourth-order valence-electron chi connectivity index (χ4n) is 2.91. The zero-order chi connectivity index (χ0) is 14.7. The Morgan fingerprint density at radius 1 is 1.20 bits per heavy atom. The smallest absolute Gasteiger partial charge is 0.320 e. The topological polar surface area (TPSA) is 81.0 Å². The van der Waals surface area contributed by atoms with Gasteiger partial charge in [-0.05, 0) is 44.0 Å². The van der Waals surface area contributed by atoms with E-state index in [1.165, 1.54) is 6.07 Å². The van der Waals surface area contributed by atoms with Crippen LogP contribution in [0.3, 0.4) is 0 Å². The predicted molar refractivity (Wildman–Crippen MR) is 74.8 cm³/mol. The monoisotopic (exact) mass is 279 g/mol. The van der Waals surface area contributed by atoms with Crippen LogP contribution in [0.15, 0.2) is 18.2 Å². The number of likely N-dealkylation sites (tertiary alicyclic amines) is 1. The van der Waals surface area contributed by atoms with Crippen molar-refractivity contribution < 1.29 is 20.1 Å². The molecule has 5 nitrogen and oxygen atoms in total. The van der Waals surface area contributed by atoms with E-state index in [0.29, 0.717) is 13.0 Å². The lowest BCUT2D eigenvalue weighted by Gasteiger charge is -2.33. The van der Waals surface area contributed by atoms with Crippen LogP contribution in [-0.2, 0) is 4.79 Å². The summed E-state index contributed by atoms with van der Waals surface area (Å²) in [5.41, 5.74) is 0.732. The summed E-state index contributed by atoms with van der Waals surface area (Å²) in [5, 5.41) is 28.6. The standard InChI is InChI=1S/C15H21NO4/c1-10(11-7-12(17)9-13(18)8-11)16-6-4-2-3-5-14(16)15(19)20/h7-10,14,17-18H,2-6H2,1H3,(H,19,20). The van der Waals surface area contributed by atoms with E-state index in [1.54, 1.807) is 12.1 Å². The van der Waals surface area contributed by atoms with Gasteiger partial charge < -0.3 is 15.3 Å². The van der Waals surface area contributed by atoms with E-state index in [2.05, 4.69) is 0 Å². The fraction of sp³-hybridized carbons (Fsp3) is 0.533. The zero-order valence-electron chi connectivity index (χ0n) is 11.6. The summed E-state index contributed by atoms with van der Waals surface area (Å²) in [5.74, 6) is -0.815. The molecule has 1 heterocycles. The number of benzene rings is 1. The Labute approximate surface area is 118 Å². The van der Waals surface area contributed by atoms with Crippen molar-refractivity contribution in [3.8, 4) is 11.5 Å². The van der Waals surface area contributed by atoms with E-state index in [1.807, 2.05) is 11.8 Å². The molecule has 0 radical (unpaired) electrons. The van der Waals surface area contributed by atoms with Gasteiger partial charge in [0.15, 0.2) is 0 Å². The summed E-state index contributed by atoms with van der Waals surface area (Å²) in [7, 11) is 0. The number of carbonyl (C=O) groups is 1. The van der Waals surface area contributed by atoms with Crippen LogP contribution in [0.5, 0.6) is 11.5 Å². The van der Waals surface area contributed by atoms with Gasteiger partial charge >= 0.3 is 5.97 Å². The summed E-state index contributed by atoms with van der Waals surface area (Å²) < 4.78 is 0. The van der Waals surface area contributed by atoms with Crippen LogP contribution in [0.1, 0.15) is 44.2 Å². The molecular formula is C15H21NO4. The second-order valence-electron chi connectivity index (χ2n) is 5.40. The normalized spacial score (nSPS) is 22.1. The molecule has 2 unspecified atom stereocenters. The molecule has 1 aliphatic heterocycles. The molecule has 0 aromatic heterocycles. The van der Waals surface area contributed by atoms with E-state index in [0.717, 1.165) is 24.8 Å². The first-order chi connectivity index (χ1) is 9.49. The van der Waals surface area contributed by atoms with Crippen molar-refractivity contribution in [2.24, 2.45) is 0 Å². The molecule has 1 aliphatic rings. The molecule has 1 aromatic carbocycles. The summed E-state index contributed by atoms with van der Waals surface area (Å²) in [6.07, 6.45) is 3.58. The second kappa shape index (κ2) is 6.13. The number of hydrogen-bond donors (Lipinski definition) is 3. The van der Waals surface area contributed by atoms with Crippen LogP contribution in [0, 0.1) is 0 Å². The van der Waals surface area contributed by atoms with Gasteiger partial charge in [-0.15, -0.1) is 0 Å². The van der Waals surface area contributed by atoms with Gasteiger partial charge in [-0.2, -0.15) is 0 Å². The Morgan fingerprint density at radius 2 is 1.85 bits per heavy atom. The highest BCUT2D eigenvalue weighted by atomic mass is 16.4. The molecule has 0 saturated carbocycles. The Kier molecular flexibility index (Phi) is 4.49. The average molecular weight is 279 g/mol. The van der Waals surface area contributed by atoms with Crippen LogP contribution >= 0.6 is 0 Å². The van der Waals surface area contributed by atoms with E-state index in [9.17, 15) is 20.1 Å². The Hall–Kier alpha value is -1.75. The van der Waals surface area contributed by atoms with Gasteiger partial charge in [0.1, 0.15) is 17.5 Å². The molecule has 1 saturated heterocycles. The summed E-state index contributed by atoms with van der Waals surface area (Å²) in [4.78, 5) is 13.4. The average Bonchev–Trinajstić information content (AvgIpc) is 2.62. The molecule has 0 amide bonds. The second-order valence-corrected chi connectivity index (χ2v) is 5.40. The minimum atomic E-state index is -0.803. The van der Waals surface area contributed by atoms with Crippen LogP contribution in [0.2, 0.25) is 0 Å². The van der Waals surface area contributed by atoms with E-state index in [4.69, 9.17) is 0 Å². The molecule has 5 heteroatoms. The van der Waals surface area contributed by atoms with Crippen LogP contribution < -0.4 is 0 Å². The summed E-state index contributed by atoms with van der Waals surface area (Å²) in [6, 6.07) is 3.76. The zero-order valence-corrected chi connectivity index (χ0v) is 11.6. The maximum Gasteiger partial charge on any atom is 0.320 e. The van der Waals surface area contributed by atoms with Crippen molar-refractivity contribution in [2.45, 2.75) is 44.7 Å². The minimum absolute atomic E-state index is 0.00598. The Balaban J connectivity index is 2.28. The molecule has 1 aromatic rings. The van der Waals surface area contributed by atoms with Gasteiger partial charge in [0, 0.05) is 12.1 Å². The fourth-order valence-corrected chi connectivity index (χ4v) is 2.91. The molecule has 2 atom stereocenters. The van der Waals surface area contributed by atoms with E-state index in [-0.39, 0.29) is 17.5 Å². The summed E-state index contributed by atoms with van der Waals surface area (Å²) in [6.45, 7) is 2.63. The molecule has 0 aliphatic carbocycles. The number of phenols is 2. The number of aromatic hydroxyl groups is 2. The molecule has 1 fully saturated rings. The van der Waals surface area contributed by atoms with E-state index >= 15 is 0 Å². The number of hydrogen-bond acceptors (Lipinski definition) is 4. The maximum atomic E-state index is 11.4. The van der Waals surface area contributed by atoms with Crippen LogP contribution in [0.4, 0.5) is 0 Å². The summed E-state index contributed by atoms with van der Waals surface area (Å²) >= 11 is 0. The predicted octanol–water partition coefficient (Wildman–Crippen LogP) is 2.49. The lowest BCUT2D eigenvalue weighted by atomic mass is 10.0. The first-order valence-corrected chi connectivity index (χ1v) is 7.00. The lowest BCUT2D eigenvalue weighted by Crippen LogP contribution is -2.42. The van der Waals surface area contributed by atoms with Crippen molar-refractivity contribution >= 4 is 5.97 Å². The van der Waals surface area contributed by atoms with Crippen molar-refractivity contribution in [1.29, 1.82) is 0 Å². The van der Waals surface area contributed by atoms with Crippen LogP contribution in [-0.4, -0.2) is 38.8 Å². The lowest BCUT2D eigenvalue weighted by molar-refractivity contribution is -0.144. The molecule has 2 rings (SSSR count). The highest BCUT2D eigenvalue weighted by Gasteiger charge is 2.31. The Morgan fingerprint density at radius 3 is 2.45 bits per heavy atom. The molecular weight excluding hydrogens is 258 g/mol. The number of rotatable bonds is 3. The highest BCUT2D eigenvalue weighted by Crippen LogP contribution is 2.31. The van der Waals surface area contributed by atoms with Crippen molar-refractivity contribution in [2.75, 3.05) is 6.54 Å². The maximum absolute atomic E-state index is 11.4. The number of nitrogens with zero attached hydrogens (tertiary/aromatic N) is 1. The third-order valence-corrected chi connectivity index (χ3v) is 3.98. The quantitative estimate of drug-likeness (QED) is 0.792. The number of carboxylic acids is 1. The molecule has 20 heavy (non-hydrogen) atoms. The van der Waals surface area contributed by atoms with Crippen molar-refractivity contribution in [1.82, 2.24) is 4.90 Å². The third-order valence-electron chi connectivity index (χ3n) is 3.98. The third kappa shape index (κ3) is 3.22.